The van der Waals surface area contributed by atoms with E-state index in [2.05, 4.69) is 62.5 Å². The summed E-state index contributed by atoms with van der Waals surface area (Å²) in [7, 11) is 0. The minimum absolute atomic E-state index is 0.0837. The Bertz CT molecular complexity index is 1480. The van der Waals surface area contributed by atoms with E-state index in [1.54, 1.807) is 0 Å². The van der Waals surface area contributed by atoms with Crippen molar-refractivity contribution >= 4 is 11.9 Å². The van der Waals surface area contributed by atoms with Crippen molar-refractivity contribution in [1.82, 2.24) is 0 Å². The normalized spacial score (nSPS) is 25.5. The summed E-state index contributed by atoms with van der Waals surface area (Å²) in [4.78, 5) is 25.8. The molecule has 416 valence electrons. The molecule has 2 saturated heterocycles. The largest absolute Gasteiger partial charge is 0.462 e. The van der Waals surface area contributed by atoms with Crippen LogP contribution in [0.5, 0.6) is 0 Å². The number of carbonyl (C=O) groups excluding carboxylic acids is 2. The molecule has 7 N–H and O–H groups in total. The van der Waals surface area contributed by atoms with Crippen LogP contribution in [-0.2, 0) is 38.0 Å². The van der Waals surface area contributed by atoms with Crippen molar-refractivity contribution in [2.45, 2.75) is 261 Å². The van der Waals surface area contributed by atoms with Crippen molar-refractivity contribution in [2.75, 3.05) is 26.4 Å². The number of unbranched alkanes of at least 4 members (excludes halogenated alkanes) is 19. The Labute approximate surface area is 432 Å². The number of hydrogen-bond donors (Lipinski definition) is 7. The van der Waals surface area contributed by atoms with Gasteiger partial charge in [0.2, 0.25) is 0 Å². The molecule has 15 heteroatoms. The quantitative estimate of drug-likeness (QED) is 0.0172. The zero-order chi connectivity index (χ0) is 52.4. The Hall–Kier alpha value is -2.80. The highest BCUT2D eigenvalue weighted by Gasteiger charge is 2.47. The Balaban J connectivity index is 1.82. The molecule has 0 bridgehead atoms. The van der Waals surface area contributed by atoms with E-state index in [0.717, 1.165) is 44.9 Å². The highest BCUT2D eigenvalue weighted by Crippen LogP contribution is 2.26. The number of carbonyl (C=O) groups is 2. The van der Waals surface area contributed by atoms with Crippen molar-refractivity contribution in [3.63, 3.8) is 0 Å². The van der Waals surface area contributed by atoms with Gasteiger partial charge in [0.05, 0.1) is 19.8 Å². The second kappa shape index (κ2) is 43.4. The van der Waals surface area contributed by atoms with E-state index >= 15 is 0 Å². The maximum Gasteiger partial charge on any atom is 0.306 e. The van der Waals surface area contributed by atoms with Crippen LogP contribution in [-0.4, -0.2) is 142 Å². The molecule has 0 aromatic carbocycles. The number of rotatable bonds is 43. The van der Waals surface area contributed by atoms with Gasteiger partial charge in [0.1, 0.15) is 55.4 Å². The van der Waals surface area contributed by atoms with E-state index in [1.807, 2.05) is 12.2 Å². The third-order valence-electron chi connectivity index (χ3n) is 13.0. The monoisotopic (exact) mass is 1020 g/mol. The van der Waals surface area contributed by atoms with Gasteiger partial charge in [0.15, 0.2) is 18.7 Å². The molecule has 2 heterocycles. The summed E-state index contributed by atoms with van der Waals surface area (Å²) >= 11 is 0. The van der Waals surface area contributed by atoms with E-state index in [0.29, 0.717) is 19.3 Å². The van der Waals surface area contributed by atoms with Crippen molar-refractivity contribution in [2.24, 2.45) is 0 Å². The molecule has 0 aliphatic carbocycles. The molecule has 2 aliphatic heterocycles. The molecule has 2 rings (SSSR count). The van der Waals surface area contributed by atoms with Gasteiger partial charge in [-0.25, -0.2) is 0 Å². The minimum atomic E-state index is -1.78. The molecular weight excluding hydrogens is 925 g/mol. The lowest BCUT2D eigenvalue weighted by Crippen LogP contribution is -2.61. The van der Waals surface area contributed by atoms with Crippen LogP contribution < -0.4 is 0 Å². The number of allylic oxidation sites excluding steroid dienone is 10. The molecule has 0 saturated carbocycles. The van der Waals surface area contributed by atoms with E-state index in [1.165, 1.54) is 103 Å². The van der Waals surface area contributed by atoms with Crippen molar-refractivity contribution in [3.8, 4) is 0 Å². The Morgan fingerprint density at radius 3 is 1.36 bits per heavy atom. The molecule has 72 heavy (non-hydrogen) atoms. The van der Waals surface area contributed by atoms with Crippen LogP contribution in [0.4, 0.5) is 0 Å². The first-order chi connectivity index (χ1) is 35.0. The van der Waals surface area contributed by atoms with Gasteiger partial charge in [-0.1, -0.05) is 164 Å². The van der Waals surface area contributed by atoms with Gasteiger partial charge in [-0.2, -0.15) is 0 Å². The Morgan fingerprint density at radius 1 is 0.444 bits per heavy atom. The maximum absolute atomic E-state index is 13.0. The Morgan fingerprint density at radius 2 is 0.847 bits per heavy atom. The fraction of sp³-hybridized carbons (Fsp3) is 0.789. The van der Waals surface area contributed by atoms with E-state index in [9.17, 15) is 45.3 Å². The van der Waals surface area contributed by atoms with Gasteiger partial charge in [-0.3, -0.25) is 9.59 Å². The van der Waals surface area contributed by atoms with Gasteiger partial charge in [-0.05, 0) is 77.0 Å². The van der Waals surface area contributed by atoms with E-state index in [-0.39, 0.29) is 19.4 Å². The van der Waals surface area contributed by atoms with E-state index < -0.39 is 99.3 Å². The maximum atomic E-state index is 13.0. The third kappa shape index (κ3) is 30.5. The molecule has 0 amide bonds. The van der Waals surface area contributed by atoms with Crippen molar-refractivity contribution < 1.29 is 73.8 Å². The van der Waals surface area contributed by atoms with Gasteiger partial charge < -0.3 is 64.2 Å². The average molecular weight is 1020 g/mol. The standard InChI is InChI=1S/C57H98O15/c1-3-5-7-9-11-13-15-17-19-20-21-22-23-24-26-28-30-32-34-36-38-40-49(60)70-45(42-67-48(59)39-37-35-33-31-29-27-25-18-16-14-12-10-8-6-4-2)43-68-56-55(66)53(64)51(62)47(72-56)44-69-57-54(65)52(63)50(61)46(41-58)71-57/h19-20,22-23,26,28-29,31-32,34,45-47,50-58,61-66H,3-18,21,24-25,27,30,33,35-44H2,1-2H3/b20-19+,23-22+,28-26+,31-29+,34-32+/t45-,46+,47+,50-,51-,52?,53?,54?,55?,56+,57+/m1/s1. The average Bonchev–Trinajstić information content (AvgIpc) is 3.37. The molecule has 0 aromatic rings. The first-order valence-corrected chi connectivity index (χ1v) is 27.9. The van der Waals surface area contributed by atoms with Crippen LogP contribution in [0.3, 0.4) is 0 Å². The summed E-state index contributed by atoms with van der Waals surface area (Å²) in [6, 6.07) is 0. The molecule has 11 atom stereocenters. The predicted octanol–water partition coefficient (Wildman–Crippen LogP) is 8.83. The van der Waals surface area contributed by atoms with Gasteiger partial charge in [0.25, 0.3) is 0 Å². The fourth-order valence-electron chi connectivity index (χ4n) is 8.38. The van der Waals surface area contributed by atoms with Crippen molar-refractivity contribution in [1.29, 1.82) is 0 Å². The van der Waals surface area contributed by atoms with Gasteiger partial charge >= 0.3 is 11.9 Å². The molecule has 2 fully saturated rings. The van der Waals surface area contributed by atoms with Crippen LogP contribution in [0.15, 0.2) is 60.8 Å². The minimum Gasteiger partial charge on any atom is -0.462 e. The smallest absolute Gasteiger partial charge is 0.306 e. The number of aliphatic hydroxyl groups excluding tert-OH is 7. The lowest BCUT2D eigenvalue weighted by atomic mass is 9.98. The van der Waals surface area contributed by atoms with Crippen LogP contribution in [0.1, 0.15) is 194 Å². The molecule has 0 radical (unpaired) electrons. The summed E-state index contributed by atoms with van der Waals surface area (Å²) in [5, 5.41) is 72.2. The molecule has 15 nitrogen and oxygen atoms in total. The zero-order valence-corrected chi connectivity index (χ0v) is 44.1. The first-order valence-electron chi connectivity index (χ1n) is 27.9. The zero-order valence-electron chi connectivity index (χ0n) is 44.1. The summed E-state index contributed by atoms with van der Waals surface area (Å²) in [5.74, 6) is -1.02. The summed E-state index contributed by atoms with van der Waals surface area (Å²) in [6.45, 7) is 2.51. The van der Waals surface area contributed by atoms with Crippen LogP contribution >= 0.6 is 0 Å². The SMILES string of the molecule is CCCCCCCCC/C=C/C/C=C/C/C=C/C/C=C/CCCC(=O)O[C@H](COC(=O)CCCC/C=C/CCCCCCCCCCC)CO[C@H]1O[C@@H](CO[C@H]2O[C@@H](CO)[C@@H](O)C(O)C2O)[C@@H](O)C(O)C1O. The summed E-state index contributed by atoms with van der Waals surface area (Å²) in [5.41, 5.74) is 0. The first kappa shape index (κ1) is 65.3. The second-order valence-corrected chi connectivity index (χ2v) is 19.4. The number of hydrogen-bond acceptors (Lipinski definition) is 15. The van der Waals surface area contributed by atoms with E-state index in [4.69, 9.17) is 28.4 Å². The lowest BCUT2D eigenvalue weighted by molar-refractivity contribution is -0.332. The third-order valence-corrected chi connectivity index (χ3v) is 13.0. The summed E-state index contributed by atoms with van der Waals surface area (Å²) < 4.78 is 33.5. The molecule has 4 unspecified atom stereocenters. The predicted molar refractivity (Wildman–Crippen MR) is 280 cm³/mol. The molecule has 0 aromatic heterocycles. The topological polar surface area (TPSA) is 231 Å². The van der Waals surface area contributed by atoms with Crippen molar-refractivity contribution in [3.05, 3.63) is 60.8 Å². The second-order valence-electron chi connectivity index (χ2n) is 19.4. The van der Waals surface area contributed by atoms with Gasteiger partial charge in [-0.15, -0.1) is 0 Å². The molecule has 2 aliphatic rings. The van der Waals surface area contributed by atoms with Crippen LogP contribution in [0.25, 0.3) is 0 Å². The summed E-state index contributed by atoms with van der Waals surface area (Å²) in [6.07, 6.45) is 34.0. The fourth-order valence-corrected chi connectivity index (χ4v) is 8.38. The number of aliphatic hydroxyl groups is 7. The molecular formula is C57H98O15. The number of ether oxygens (including phenoxy) is 6. The van der Waals surface area contributed by atoms with Crippen LogP contribution in [0.2, 0.25) is 0 Å². The van der Waals surface area contributed by atoms with Crippen LogP contribution in [0, 0.1) is 0 Å². The molecule has 0 spiro atoms. The highest BCUT2D eigenvalue weighted by molar-refractivity contribution is 5.70. The number of esters is 2. The lowest BCUT2D eigenvalue weighted by Gasteiger charge is -2.42. The highest BCUT2D eigenvalue weighted by atomic mass is 16.7. The van der Waals surface area contributed by atoms with Gasteiger partial charge in [0, 0.05) is 12.8 Å². The Kier molecular flexibility index (Phi) is 39.4.